The highest BCUT2D eigenvalue weighted by Crippen LogP contribution is 2.06. The lowest BCUT2D eigenvalue weighted by atomic mass is 10.2. The Balaban J connectivity index is 2.13. The van der Waals surface area contributed by atoms with Gasteiger partial charge in [0.1, 0.15) is 12.2 Å². The molecule has 1 aromatic carbocycles. The lowest BCUT2D eigenvalue weighted by Gasteiger charge is -2.20. The van der Waals surface area contributed by atoms with Gasteiger partial charge >= 0.3 is 18.3 Å². The molecule has 0 aliphatic heterocycles. The maximum absolute atomic E-state index is 11.7. The van der Waals surface area contributed by atoms with Crippen LogP contribution in [0, 0.1) is 0 Å². The predicted octanol–water partition coefficient (Wildman–Crippen LogP) is 3.59. The third-order valence-corrected chi connectivity index (χ3v) is 3.88. The highest BCUT2D eigenvalue weighted by atomic mass is 16.6. The van der Waals surface area contributed by atoms with Crippen LogP contribution in [-0.4, -0.2) is 60.1 Å². The number of carbonyl (C=O) groups excluding carboxylic acids is 2. The zero-order valence-corrected chi connectivity index (χ0v) is 18.0. The summed E-state index contributed by atoms with van der Waals surface area (Å²) >= 11 is 0. The predicted molar refractivity (Wildman–Crippen MR) is 112 cm³/mol. The Morgan fingerprint density at radius 1 is 0.933 bits per heavy atom. The first-order chi connectivity index (χ1) is 14.2. The molecule has 0 saturated heterocycles. The number of carboxylic acid groups (broad SMARTS) is 1. The molecule has 0 bridgehead atoms. The first kappa shape index (κ1) is 25.1. The number of rotatable bonds is 11. The molecule has 168 valence electrons. The van der Waals surface area contributed by atoms with E-state index in [1.807, 2.05) is 30.3 Å². The molecule has 0 heterocycles. The molecule has 0 spiro atoms. The third kappa shape index (κ3) is 12.5. The SMILES string of the molecule is CC(C)(C)OC(=O)NCCCCN(CCCNC(=O)OCc1ccccc1)C(=O)O. The quantitative estimate of drug-likeness (QED) is 0.468. The van der Waals surface area contributed by atoms with Crippen molar-refractivity contribution in [1.29, 1.82) is 0 Å². The van der Waals surface area contributed by atoms with E-state index in [1.54, 1.807) is 20.8 Å². The molecule has 0 saturated carbocycles. The number of alkyl carbamates (subject to hydrolysis) is 2. The van der Waals surface area contributed by atoms with Crippen molar-refractivity contribution < 1.29 is 29.0 Å². The van der Waals surface area contributed by atoms with Crippen molar-refractivity contribution in [2.45, 2.75) is 52.2 Å². The molecule has 1 rings (SSSR count). The summed E-state index contributed by atoms with van der Waals surface area (Å²) in [5.74, 6) is 0. The number of hydrogen-bond acceptors (Lipinski definition) is 5. The topological polar surface area (TPSA) is 117 Å². The maximum Gasteiger partial charge on any atom is 0.407 e. The largest absolute Gasteiger partial charge is 0.465 e. The second kappa shape index (κ2) is 13.3. The molecule has 0 unspecified atom stereocenters. The average Bonchev–Trinajstić information content (AvgIpc) is 2.66. The molecule has 0 fully saturated rings. The number of nitrogens with one attached hydrogen (secondary N) is 2. The lowest BCUT2D eigenvalue weighted by Crippen LogP contribution is -2.35. The van der Waals surface area contributed by atoms with Crippen LogP contribution >= 0.6 is 0 Å². The van der Waals surface area contributed by atoms with E-state index in [4.69, 9.17) is 9.47 Å². The van der Waals surface area contributed by atoms with Gasteiger partial charge in [-0.1, -0.05) is 30.3 Å². The van der Waals surface area contributed by atoms with Crippen molar-refractivity contribution >= 4 is 18.3 Å². The average molecular weight is 424 g/mol. The molecule has 0 radical (unpaired) electrons. The molecule has 1 aromatic rings. The van der Waals surface area contributed by atoms with Crippen LogP contribution < -0.4 is 10.6 Å². The van der Waals surface area contributed by atoms with Gasteiger partial charge in [-0.05, 0) is 45.6 Å². The lowest BCUT2D eigenvalue weighted by molar-refractivity contribution is 0.0526. The smallest absolute Gasteiger partial charge is 0.407 e. The molecule has 0 atom stereocenters. The molecule has 30 heavy (non-hydrogen) atoms. The van der Waals surface area contributed by atoms with Gasteiger partial charge in [-0.15, -0.1) is 0 Å². The van der Waals surface area contributed by atoms with Gasteiger partial charge in [0.05, 0.1) is 0 Å². The Morgan fingerprint density at radius 3 is 2.17 bits per heavy atom. The van der Waals surface area contributed by atoms with E-state index in [0.717, 1.165) is 5.56 Å². The number of hydrogen-bond donors (Lipinski definition) is 3. The van der Waals surface area contributed by atoms with Crippen LogP contribution in [0.3, 0.4) is 0 Å². The van der Waals surface area contributed by atoms with Crippen LogP contribution in [-0.2, 0) is 16.1 Å². The monoisotopic (exact) mass is 423 g/mol. The number of unbranched alkanes of at least 4 members (excludes halogenated alkanes) is 1. The molecule has 0 aliphatic rings. The van der Waals surface area contributed by atoms with E-state index < -0.39 is 23.9 Å². The van der Waals surface area contributed by atoms with Crippen LogP contribution in [0.5, 0.6) is 0 Å². The van der Waals surface area contributed by atoms with E-state index in [0.29, 0.717) is 45.4 Å². The van der Waals surface area contributed by atoms with E-state index in [2.05, 4.69) is 10.6 Å². The van der Waals surface area contributed by atoms with Crippen LogP contribution in [0.25, 0.3) is 0 Å². The summed E-state index contributed by atoms with van der Waals surface area (Å²) in [5.41, 5.74) is 0.345. The first-order valence-corrected chi connectivity index (χ1v) is 10.1. The van der Waals surface area contributed by atoms with Gasteiger partial charge in [-0.3, -0.25) is 0 Å². The van der Waals surface area contributed by atoms with Crippen molar-refractivity contribution in [3.8, 4) is 0 Å². The summed E-state index contributed by atoms with van der Waals surface area (Å²) in [5, 5.41) is 14.5. The second-order valence-electron chi connectivity index (χ2n) is 7.75. The molecule has 0 aromatic heterocycles. The fraction of sp³-hybridized carbons (Fsp3) is 0.571. The molecular formula is C21H33N3O6. The molecular weight excluding hydrogens is 390 g/mol. The van der Waals surface area contributed by atoms with Gasteiger partial charge in [-0.2, -0.15) is 0 Å². The highest BCUT2D eigenvalue weighted by Gasteiger charge is 2.15. The van der Waals surface area contributed by atoms with Gasteiger partial charge in [-0.25, -0.2) is 14.4 Å². The Hall–Kier alpha value is -2.97. The summed E-state index contributed by atoms with van der Waals surface area (Å²) < 4.78 is 10.2. The zero-order valence-electron chi connectivity index (χ0n) is 18.0. The van der Waals surface area contributed by atoms with Crippen molar-refractivity contribution in [1.82, 2.24) is 15.5 Å². The number of benzene rings is 1. The maximum atomic E-state index is 11.7. The van der Waals surface area contributed by atoms with Gasteiger partial charge < -0.3 is 30.1 Å². The minimum Gasteiger partial charge on any atom is -0.465 e. The van der Waals surface area contributed by atoms with Gasteiger partial charge in [0.25, 0.3) is 0 Å². The van der Waals surface area contributed by atoms with Gasteiger partial charge in [0.15, 0.2) is 0 Å². The molecule has 9 nitrogen and oxygen atoms in total. The fourth-order valence-electron chi connectivity index (χ4n) is 2.47. The van der Waals surface area contributed by atoms with Gasteiger partial charge in [0, 0.05) is 26.2 Å². The normalized spacial score (nSPS) is 10.8. The second-order valence-corrected chi connectivity index (χ2v) is 7.75. The van der Waals surface area contributed by atoms with Crippen molar-refractivity contribution in [3.63, 3.8) is 0 Å². The van der Waals surface area contributed by atoms with E-state index in [1.165, 1.54) is 4.90 Å². The Morgan fingerprint density at radius 2 is 1.53 bits per heavy atom. The fourth-order valence-corrected chi connectivity index (χ4v) is 2.47. The summed E-state index contributed by atoms with van der Waals surface area (Å²) in [6, 6.07) is 9.34. The van der Waals surface area contributed by atoms with E-state index in [9.17, 15) is 19.5 Å². The Labute approximate surface area is 177 Å². The van der Waals surface area contributed by atoms with Crippen molar-refractivity contribution in [2.75, 3.05) is 26.2 Å². The van der Waals surface area contributed by atoms with Crippen LogP contribution in [0.1, 0.15) is 45.6 Å². The molecule has 3 N–H and O–H groups in total. The van der Waals surface area contributed by atoms with Crippen LogP contribution in [0.4, 0.5) is 14.4 Å². The summed E-state index contributed by atoms with van der Waals surface area (Å²) in [6.07, 6.45) is -0.316. The third-order valence-electron chi connectivity index (χ3n) is 3.88. The van der Waals surface area contributed by atoms with Crippen LogP contribution in [0.15, 0.2) is 30.3 Å². The molecule has 0 aliphatic carbocycles. The number of amides is 3. The minimum atomic E-state index is -1.01. The number of carbonyl (C=O) groups is 3. The first-order valence-electron chi connectivity index (χ1n) is 10.1. The summed E-state index contributed by atoms with van der Waals surface area (Å²) in [7, 11) is 0. The van der Waals surface area contributed by atoms with Crippen molar-refractivity contribution in [2.24, 2.45) is 0 Å². The molecule has 9 heteroatoms. The minimum absolute atomic E-state index is 0.186. The standard InChI is InChI=1S/C21H33N3O6/c1-21(2,3)30-19(26)23-12-7-8-14-24(20(27)28)15-9-13-22-18(25)29-16-17-10-5-4-6-11-17/h4-6,10-11H,7-9,12-16H2,1-3H3,(H,22,25)(H,23,26)(H,27,28). The Bertz CT molecular complexity index is 660. The number of ether oxygens (including phenoxy) is 2. The number of nitrogens with zero attached hydrogens (tertiary/aromatic N) is 1. The van der Waals surface area contributed by atoms with E-state index in [-0.39, 0.29) is 6.61 Å². The highest BCUT2D eigenvalue weighted by molar-refractivity contribution is 5.67. The van der Waals surface area contributed by atoms with Gasteiger partial charge in [0.2, 0.25) is 0 Å². The Kier molecular flexibility index (Phi) is 11.1. The van der Waals surface area contributed by atoms with Crippen LogP contribution in [0.2, 0.25) is 0 Å². The van der Waals surface area contributed by atoms with Crippen molar-refractivity contribution in [3.05, 3.63) is 35.9 Å². The zero-order chi connectivity index (χ0) is 22.4. The summed E-state index contributed by atoms with van der Waals surface area (Å²) in [4.78, 5) is 35.8. The van der Waals surface area contributed by atoms with E-state index >= 15 is 0 Å². The molecule has 3 amide bonds. The summed E-state index contributed by atoms with van der Waals surface area (Å²) in [6.45, 7) is 6.93.